The van der Waals surface area contributed by atoms with Crippen LogP contribution in [0.3, 0.4) is 0 Å². The minimum Gasteiger partial charge on any atom is -0.340 e. The third-order valence-electron chi connectivity index (χ3n) is 7.13. The number of rotatable bonds is 5. The van der Waals surface area contributed by atoms with Crippen LogP contribution in [0, 0.1) is 17.2 Å². The van der Waals surface area contributed by atoms with E-state index in [0.717, 1.165) is 5.69 Å². The maximum Gasteiger partial charge on any atom is 0.433 e. The monoisotopic (exact) mass is 549 g/mol. The Balaban J connectivity index is 1.49. The third kappa shape index (κ3) is 4.88. The van der Waals surface area contributed by atoms with E-state index in [-0.39, 0.29) is 18.5 Å². The smallest absolute Gasteiger partial charge is 0.340 e. The van der Waals surface area contributed by atoms with E-state index in [9.17, 15) is 36.4 Å². The molecule has 1 aliphatic heterocycles. The Bertz CT molecular complexity index is 1430. The number of halogens is 6. The largest absolute Gasteiger partial charge is 0.433 e. The second-order valence-corrected chi connectivity index (χ2v) is 9.62. The first-order valence-corrected chi connectivity index (χ1v) is 12.0. The molecule has 39 heavy (non-hydrogen) atoms. The maximum absolute atomic E-state index is 13.8. The van der Waals surface area contributed by atoms with Crippen LogP contribution in [0.4, 0.5) is 32.2 Å². The fraction of sp³-hybridized carbons (Fsp3) is 0.400. The van der Waals surface area contributed by atoms with Crippen molar-refractivity contribution in [2.24, 2.45) is 5.92 Å². The SMILES string of the molecule is CN(Cc1cn(-c2ccccc2)nn1)C(=O)[C@@H]1[C@H]2CC[C@H](C2)N1c1nc(C(F)(F)F)cc(C(F)(F)F)c1C#N. The summed E-state index contributed by atoms with van der Waals surface area (Å²) in [4.78, 5) is 19.6. The zero-order valence-corrected chi connectivity index (χ0v) is 20.4. The number of benzene rings is 1. The molecule has 0 spiro atoms. The molecule has 1 aromatic carbocycles. The number of pyridine rings is 1. The number of carbonyl (C=O) groups excluding carboxylic acids is 1. The summed E-state index contributed by atoms with van der Waals surface area (Å²) in [7, 11) is 1.47. The van der Waals surface area contributed by atoms with E-state index in [4.69, 9.17) is 0 Å². The van der Waals surface area contributed by atoms with E-state index in [0.29, 0.717) is 25.0 Å². The summed E-state index contributed by atoms with van der Waals surface area (Å²) in [6, 6.07) is 8.72. The number of likely N-dealkylation sites (N-methyl/N-ethyl adjacent to an activating group) is 1. The highest BCUT2D eigenvalue weighted by atomic mass is 19.4. The fourth-order valence-electron chi connectivity index (χ4n) is 5.43. The van der Waals surface area contributed by atoms with Gasteiger partial charge in [0.2, 0.25) is 5.91 Å². The second-order valence-electron chi connectivity index (χ2n) is 9.62. The number of para-hydroxylation sites is 1. The van der Waals surface area contributed by atoms with Crippen molar-refractivity contribution < 1.29 is 31.1 Å². The summed E-state index contributed by atoms with van der Waals surface area (Å²) in [5.74, 6) is -1.61. The Labute approximate surface area is 218 Å². The van der Waals surface area contributed by atoms with Crippen molar-refractivity contribution in [3.63, 3.8) is 0 Å². The molecule has 3 heterocycles. The van der Waals surface area contributed by atoms with E-state index in [1.807, 2.05) is 30.3 Å². The predicted octanol–water partition coefficient (Wildman–Crippen LogP) is 4.59. The second kappa shape index (κ2) is 9.55. The minimum absolute atomic E-state index is 0.00230. The van der Waals surface area contributed by atoms with Crippen LogP contribution in [0.5, 0.6) is 0 Å². The summed E-state index contributed by atoms with van der Waals surface area (Å²) in [6.45, 7) is 0.00230. The van der Waals surface area contributed by atoms with Crippen LogP contribution in [-0.2, 0) is 23.7 Å². The van der Waals surface area contributed by atoms with Gasteiger partial charge in [0.25, 0.3) is 0 Å². The molecule has 1 saturated heterocycles. The van der Waals surface area contributed by atoms with Crippen molar-refractivity contribution in [2.75, 3.05) is 11.9 Å². The Kier molecular flexibility index (Phi) is 6.48. The lowest BCUT2D eigenvalue weighted by molar-refractivity contribution is -0.145. The summed E-state index contributed by atoms with van der Waals surface area (Å²) >= 11 is 0. The van der Waals surface area contributed by atoms with Crippen LogP contribution in [0.15, 0.2) is 42.6 Å². The van der Waals surface area contributed by atoms with Crippen LogP contribution in [-0.4, -0.2) is 49.9 Å². The first kappa shape index (κ1) is 26.5. The van der Waals surface area contributed by atoms with Gasteiger partial charge in [0, 0.05) is 13.1 Å². The number of hydrogen-bond acceptors (Lipinski definition) is 6. The maximum atomic E-state index is 13.8. The molecule has 0 radical (unpaired) electrons. The molecule has 1 saturated carbocycles. The quantitative estimate of drug-likeness (QED) is 0.433. The van der Waals surface area contributed by atoms with Gasteiger partial charge in [0.15, 0.2) is 0 Å². The molecule has 3 aromatic rings. The lowest BCUT2D eigenvalue weighted by Crippen LogP contribution is -2.51. The van der Waals surface area contributed by atoms with Crippen molar-refractivity contribution in [1.82, 2.24) is 24.9 Å². The highest BCUT2D eigenvalue weighted by Crippen LogP contribution is 2.48. The normalized spacial score (nSPS) is 20.8. The highest BCUT2D eigenvalue weighted by molar-refractivity contribution is 5.87. The van der Waals surface area contributed by atoms with Gasteiger partial charge in [0.1, 0.15) is 34.9 Å². The van der Waals surface area contributed by atoms with E-state index < -0.39 is 53.0 Å². The molecule has 2 fully saturated rings. The number of aromatic nitrogens is 4. The highest BCUT2D eigenvalue weighted by Gasteiger charge is 2.52. The number of nitriles is 1. The van der Waals surface area contributed by atoms with Crippen molar-refractivity contribution in [2.45, 2.75) is 50.2 Å². The van der Waals surface area contributed by atoms with Crippen molar-refractivity contribution in [3.8, 4) is 11.8 Å². The first-order valence-electron chi connectivity index (χ1n) is 12.0. The number of amides is 1. The van der Waals surface area contributed by atoms with Gasteiger partial charge in [-0.2, -0.15) is 31.6 Å². The van der Waals surface area contributed by atoms with Crippen LogP contribution in [0.1, 0.15) is 41.8 Å². The number of piperidine rings is 1. The van der Waals surface area contributed by atoms with Gasteiger partial charge < -0.3 is 9.80 Å². The molecule has 3 atom stereocenters. The van der Waals surface area contributed by atoms with Gasteiger partial charge in [-0.1, -0.05) is 23.4 Å². The molecule has 0 N–H and O–H groups in total. The van der Waals surface area contributed by atoms with Crippen LogP contribution >= 0.6 is 0 Å². The van der Waals surface area contributed by atoms with Gasteiger partial charge in [-0.05, 0) is 43.4 Å². The predicted molar refractivity (Wildman–Crippen MR) is 124 cm³/mol. The molecule has 2 aromatic heterocycles. The van der Waals surface area contributed by atoms with E-state index in [1.54, 1.807) is 6.20 Å². The molecule has 5 rings (SSSR count). The van der Waals surface area contributed by atoms with Crippen LogP contribution in [0.25, 0.3) is 5.69 Å². The van der Waals surface area contributed by atoms with Crippen molar-refractivity contribution in [1.29, 1.82) is 5.26 Å². The number of alkyl halides is 6. The van der Waals surface area contributed by atoms with Crippen LogP contribution in [0.2, 0.25) is 0 Å². The number of carbonyl (C=O) groups is 1. The number of anilines is 1. The molecule has 2 aliphatic rings. The van der Waals surface area contributed by atoms with Gasteiger partial charge in [0.05, 0.1) is 24.0 Å². The number of nitrogens with zero attached hydrogens (tertiary/aromatic N) is 7. The third-order valence-corrected chi connectivity index (χ3v) is 7.13. The summed E-state index contributed by atoms with van der Waals surface area (Å²) in [5.41, 5.74) is -3.37. The number of fused-ring (bicyclic) bond motifs is 2. The summed E-state index contributed by atoms with van der Waals surface area (Å²) < 4.78 is 83.5. The van der Waals surface area contributed by atoms with Crippen LogP contribution < -0.4 is 4.90 Å². The molecule has 1 amide bonds. The zero-order valence-electron chi connectivity index (χ0n) is 20.4. The lowest BCUT2D eigenvalue weighted by atomic mass is 9.96. The van der Waals surface area contributed by atoms with E-state index in [2.05, 4.69) is 15.3 Å². The molecule has 2 bridgehead atoms. The summed E-state index contributed by atoms with van der Waals surface area (Å²) in [5, 5.41) is 17.7. The van der Waals surface area contributed by atoms with Gasteiger partial charge in [-0.25, -0.2) is 9.67 Å². The van der Waals surface area contributed by atoms with E-state index in [1.165, 1.54) is 27.6 Å². The molecule has 0 unspecified atom stereocenters. The molecule has 14 heteroatoms. The Morgan fingerprint density at radius 2 is 1.85 bits per heavy atom. The molecular weight excluding hydrogens is 528 g/mol. The average molecular weight is 549 g/mol. The van der Waals surface area contributed by atoms with E-state index >= 15 is 0 Å². The minimum atomic E-state index is -5.23. The van der Waals surface area contributed by atoms with Gasteiger partial charge in [-0.15, -0.1) is 5.10 Å². The Hall–Kier alpha value is -4.15. The lowest BCUT2D eigenvalue weighted by Gasteiger charge is -2.38. The summed E-state index contributed by atoms with van der Waals surface area (Å²) in [6.07, 6.45) is -7.39. The molecule has 8 nitrogen and oxygen atoms in total. The average Bonchev–Trinajstić information content (AvgIpc) is 3.63. The number of hydrogen-bond donors (Lipinski definition) is 0. The molecule has 1 aliphatic carbocycles. The Morgan fingerprint density at radius 1 is 1.13 bits per heavy atom. The Morgan fingerprint density at radius 3 is 2.49 bits per heavy atom. The fourth-order valence-corrected chi connectivity index (χ4v) is 5.43. The molecule has 204 valence electrons. The topological polar surface area (TPSA) is 90.9 Å². The first-order chi connectivity index (χ1) is 18.4. The standard InChI is InChI=1S/C25H21F6N7O/c1-36(12-15-13-37(35-34-15)16-5-3-2-4-6-16)23(39)21-14-7-8-17(9-14)38(21)22-18(11-32)19(24(26,27)28)10-20(33-22)25(29,30)31/h2-6,10,13-14,17,21H,7-9,12H2,1H3/t14-,17+,21-/m0/s1. The van der Waals surface area contributed by atoms with Crippen molar-refractivity contribution in [3.05, 3.63) is 65.1 Å². The zero-order chi connectivity index (χ0) is 28.1. The van der Waals surface area contributed by atoms with Crippen molar-refractivity contribution >= 4 is 11.7 Å². The van der Waals surface area contributed by atoms with Gasteiger partial charge in [-0.3, -0.25) is 4.79 Å². The van der Waals surface area contributed by atoms with Gasteiger partial charge >= 0.3 is 12.4 Å². The molecular formula is C25H21F6N7O.